The van der Waals surface area contributed by atoms with Gasteiger partial charge < -0.3 is 19.7 Å². The quantitative estimate of drug-likeness (QED) is 0.353. The molecule has 3 aromatic rings. The predicted molar refractivity (Wildman–Crippen MR) is 105 cm³/mol. The van der Waals surface area contributed by atoms with Crippen LogP contribution in [0.5, 0.6) is 0 Å². The summed E-state index contributed by atoms with van der Waals surface area (Å²) in [6.07, 6.45) is 0.716. The molecule has 0 spiro atoms. The average Bonchev–Trinajstić information content (AvgIpc) is 2.72. The van der Waals surface area contributed by atoms with Crippen molar-refractivity contribution in [3.8, 4) is 0 Å². The van der Waals surface area contributed by atoms with Gasteiger partial charge in [-0.25, -0.2) is 9.59 Å². The molecule has 0 heterocycles. The molecule has 0 fully saturated rings. The first-order valence-electron chi connectivity index (χ1n) is 9.18. The highest BCUT2D eigenvalue weighted by atomic mass is 16.5. The lowest BCUT2D eigenvalue weighted by molar-refractivity contribution is 0.0473. The van der Waals surface area contributed by atoms with Crippen molar-refractivity contribution in [3.63, 3.8) is 0 Å². The summed E-state index contributed by atoms with van der Waals surface area (Å²) in [7, 11) is 0. The van der Waals surface area contributed by atoms with Gasteiger partial charge in [0.1, 0.15) is 0 Å². The van der Waals surface area contributed by atoms with Crippen LogP contribution in [0.2, 0.25) is 0 Å². The molecule has 0 unspecified atom stereocenters. The van der Waals surface area contributed by atoms with Crippen LogP contribution in [-0.4, -0.2) is 48.6 Å². The first kappa shape index (κ1) is 19.8. The Balaban J connectivity index is 2.18. The third kappa shape index (κ3) is 3.98. The summed E-state index contributed by atoms with van der Waals surface area (Å²) in [6.45, 7) is 0.104. The van der Waals surface area contributed by atoms with Crippen LogP contribution < -0.4 is 0 Å². The summed E-state index contributed by atoms with van der Waals surface area (Å²) in [5, 5.41) is 20.2. The monoisotopic (exact) mass is 382 g/mol. The number of hydrogen-bond acceptors (Lipinski definition) is 6. The number of carbonyl (C=O) groups excluding carboxylic acids is 2. The number of aliphatic hydroxyl groups is 2. The van der Waals surface area contributed by atoms with Gasteiger partial charge in [0.2, 0.25) is 0 Å². The molecule has 0 aliphatic heterocycles. The van der Waals surface area contributed by atoms with Crippen molar-refractivity contribution in [1.82, 2.24) is 0 Å². The number of benzene rings is 3. The summed E-state index contributed by atoms with van der Waals surface area (Å²) in [6, 6.07) is 14.3. The Labute approximate surface area is 162 Å². The molecule has 6 nitrogen and oxygen atoms in total. The minimum atomic E-state index is -0.499. The smallest absolute Gasteiger partial charge is 0.339 e. The zero-order valence-electron chi connectivity index (χ0n) is 15.4. The molecule has 0 aliphatic carbocycles. The number of esters is 2. The molecule has 0 radical (unpaired) electrons. The zero-order chi connectivity index (χ0) is 19.9. The number of carbonyl (C=O) groups is 2. The van der Waals surface area contributed by atoms with E-state index >= 15 is 0 Å². The van der Waals surface area contributed by atoms with Gasteiger partial charge in [-0.3, -0.25) is 0 Å². The highest BCUT2D eigenvalue weighted by molar-refractivity contribution is 6.24. The largest absolute Gasteiger partial charge is 0.462 e. The summed E-state index contributed by atoms with van der Waals surface area (Å²) in [5.41, 5.74) is 0.770. The van der Waals surface area contributed by atoms with Crippen LogP contribution in [-0.2, 0) is 9.47 Å². The van der Waals surface area contributed by atoms with E-state index in [0.717, 1.165) is 0 Å². The fourth-order valence-electron chi connectivity index (χ4n) is 3.17. The summed E-state index contributed by atoms with van der Waals surface area (Å²) in [4.78, 5) is 25.6. The fourth-order valence-corrected chi connectivity index (χ4v) is 3.17. The van der Waals surface area contributed by atoms with Crippen molar-refractivity contribution >= 4 is 33.5 Å². The van der Waals surface area contributed by atoms with Gasteiger partial charge in [-0.05, 0) is 21.5 Å². The molecule has 146 valence electrons. The van der Waals surface area contributed by atoms with Crippen molar-refractivity contribution in [3.05, 3.63) is 59.7 Å². The van der Waals surface area contributed by atoms with Gasteiger partial charge in [0, 0.05) is 26.1 Å². The molecule has 0 amide bonds. The lowest BCUT2D eigenvalue weighted by Crippen LogP contribution is -2.13. The second-order valence-electron chi connectivity index (χ2n) is 6.27. The SMILES string of the molecule is O=C(OCCCO)c1c2ccccc2c(C(=O)OCCCO)c2ccccc12. The van der Waals surface area contributed by atoms with Crippen LogP contribution in [0.4, 0.5) is 0 Å². The normalized spacial score (nSPS) is 10.9. The van der Waals surface area contributed by atoms with Gasteiger partial charge in [0.05, 0.1) is 24.3 Å². The van der Waals surface area contributed by atoms with E-state index in [1.54, 1.807) is 48.5 Å². The van der Waals surface area contributed by atoms with Gasteiger partial charge in [0.25, 0.3) is 0 Å². The molecule has 0 aliphatic rings. The molecule has 2 N–H and O–H groups in total. The van der Waals surface area contributed by atoms with Crippen LogP contribution in [0.15, 0.2) is 48.5 Å². The van der Waals surface area contributed by atoms with Gasteiger partial charge in [-0.2, -0.15) is 0 Å². The highest BCUT2D eigenvalue weighted by Crippen LogP contribution is 2.34. The molecule has 0 aromatic heterocycles. The van der Waals surface area contributed by atoms with E-state index in [4.69, 9.17) is 19.7 Å². The first-order chi connectivity index (χ1) is 13.7. The van der Waals surface area contributed by atoms with Crippen LogP contribution in [0.25, 0.3) is 21.5 Å². The molecule has 3 rings (SSSR count). The standard InChI is InChI=1S/C22H22O6/c23-11-5-13-27-21(25)19-15-7-1-2-8-16(15)20(22(26)28-14-6-12-24)18-10-4-3-9-17(18)19/h1-4,7-10,23-24H,5-6,11-14H2. The Hall–Kier alpha value is -2.96. The van der Waals surface area contributed by atoms with Crippen molar-refractivity contribution in [1.29, 1.82) is 0 Å². The van der Waals surface area contributed by atoms with Gasteiger partial charge in [-0.1, -0.05) is 48.5 Å². The minimum Gasteiger partial charge on any atom is -0.462 e. The van der Waals surface area contributed by atoms with Gasteiger partial charge >= 0.3 is 11.9 Å². The molecular formula is C22H22O6. The number of fused-ring (bicyclic) bond motifs is 2. The molecule has 28 heavy (non-hydrogen) atoms. The van der Waals surface area contributed by atoms with Crippen LogP contribution >= 0.6 is 0 Å². The zero-order valence-corrected chi connectivity index (χ0v) is 15.4. The van der Waals surface area contributed by atoms with E-state index in [2.05, 4.69) is 0 Å². The fraction of sp³-hybridized carbons (Fsp3) is 0.273. The number of aliphatic hydroxyl groups excluding tert-OH is 2. The van der Waals surface area contributed by atoms with E-state index in [-0.39, 0.29) is 26.4 Å². The Morgan fingerprint density at radius 1 is 0.643 bits per heavy atom. The third-order valence-corrected chi connectivity index (χ3v) is 4.41. The maximum atomic E-state index is 12.8. The highest BCUT2D eigenvalue weighted by Gasteiger charge is 2.23. The second-order valence-corrected chi connectivity index (χ2v) is 6.27. The Kier molecular flexibility index (Phi) is 6.57. The predicted octanol–water partition coefficient (Wildman–Crippen LogP) is 3.07. The summed E-state index contributed by atoms with van der Waals surface area (Å²) >= 11 is 0. The van der Waals surface area contributed by atoms with E-state index in [1.165, 1.54) is 0 Å². The maximum absolute atomic E-state index is 12.8. The molecule has 6 heteroatoms. The molecule has 0 saturated carbocycles. The molecule has 0 saturated heterocycles. The van der Waals surface area contributed by atoms with Crippen LogP contribution in [0, 0.1) is 0 Å². The minimum absolute atomic E-state index is 0.0621. The molecule has 0 bridgehead atoms. The van der Waals surface area contributed by atoms with E-state index in [9.17, 15) is 9.59 Å². The van der Waals surface area contributed by atoms with Crippen LogP contribution in [0.1, 0.15) is 33.6 Å². The lowest BCUT2D eigenvalue weighted by Gasteiger charge is -2.15. The third-order valence-electron chi connectivity index (χ3n) is 4.41. The number of hydrogen-bond donors (Lipinski definition) is 2. The van der Waals surface area contributed by atoms with Crippen molar-refractivity contribution in [2.24, 2.45) is 0 Å². The van der Waals surface area contributed by atoms with Crippen molar-refractivity contribution in [2.45, 2.75) is 12.8 Å². The van der Waals surface area contributed by atoms with E-state index < -0.39 is 11.9 Å². The number of rotatable bonds is 8. The van der Waals surface area contributed by atoms with Gasteiger partial charge in [0.15, 0.2) is 0 Å². The maximum Gasteiger partial charge on any atom is 0.339 e. The Bertz CT molecular complexity index is 858. The second kappa shape index (κ2) is 9.30. The van der Waals surface area contributed by atoms with Crippen molar-refractivity contribution in [2.75, 3.05) is 26.4 Å². The van der Waals surface area contributed by atoms with Crippen LogP contribution in [0.3, 0.4) is 0 Å². The molecular weight excluding hydrogens is 360 g/mol. The lowest BCUT2D eigenvalue weighted by atomic mass is 9.91. The number of ether oxygens (including phenoxy) is 2. The van der Waals surface area contributed by atoms with E-state index in [0.29, 0.717) is 45.5 Å². The topological polar surface area (TPSA) is 93.1 Å². The molecule has 0 atom stereocenters. The Morgan fingerprint density at radius 2 is 0.964 bits per heavy atom. The average molecular weight is 382 g/mol. The summed E-state index contributed by atoms with van der Waals surface area (Å²) < 4.78 is 10.6. The van der Waals surface area contributed by atoms with Gasteiger partial charge in [-0.15, -0.1) is 0 Å². The summed E-state index contributed by atoms with van der Waals surface area (Å²) in [5.74, 6) is -0.998. The van der Waals surface area contributed by atoms with Crippen molar-refractivity contribution < 1.29 is 29.3 Å². The Morgan fingerprint density at radius 3 is 1.25 bits per heavy atom. The van der Waals surface area contributed by atoms with E-state index in [1.807, 2.05) is 0 Å². The molecule has 3 aromatic carbocycles. The first-order valence-corrected chi connectivity index (χ1v) is 9.18.